The number of amides is 1. The van der Waals surface area contributed by atoms with Gasteiger partial charge in [0.15, 0.2) is 0 Å². The van der Waals surface area contributed by atoms with Crippen molar-refractivity contribution in [2.75, 3.05) is 5.32 Å². The zero-order valence-corrected chi connectivity index (χ0v) is 12.1. The molecule has 0 aliphatic heterocycles. The Morgan fingerprint density at radius 3 is 2.76 bits per heavy atom. The van der Waals surface area contributed by atoms with Gasteiger partial charge in [-0.2, -0.15) is 0 Å². The second-order valence-corrected chi connectivity index (χ2v) is 5.04. The first-order valence-corrected chi connectivity index (χ1v) is 6.80. The minimum absolute atomic E-state index is 0.241. The van der Waals surface area contributed by atoms with Crippen LogP contribution in [0.15, 0.2) is 48.7 Å². The van der Waals surface area contributed by atoms with Gasteiger partial charge in [0.2, 0.25) is 0 Å². The van der Waals surface area contributed by atoms with Crippen LogP contribution in [-0.2, 0) is 0 Å². The highest BCUT2D eigenvalue weighted by atomic mass is 35.5. The van der Waals surface area contributed by atoms with Crippen LogP contribution in [0.2, 0.25) is 5.15 Å². The van der Waals surface area contributed by atoms with Gasteiger partial charge in [0.05, 0.1) is 16.8 Å². The molecule has 0 bridgehead atoms. The fourth-order valence-electron chi connectivity index (χ4n) is 2.05. The first-order chi connectivity index (χ1) is 10.1. The Hall–Kier alpha value is -2.46. The molecule has 21 heavy (non-hydrogen) atoms. The molecule has 1 N–H and O–H groups in total. The number of fused-ring (bicyclic) bond motifs is 1. The average Bonchev–Trinajstić information content (AvgIpc) is 2.48. The molecule has 3 aromatic rings. The molecule has 0 radical (unpaired) electrons. The molecule has 0 saturated carbocycles. The summed E-state index contributed by atoms with van der Waals surface area (Å²) in [5.41, 5.74) is 2.80. The van der Waals surface area contributed by atoms with Crippen molar-refractivity contribution in [3.05, 3.63) is 65.1 Å². The quantitative estimate of drug-likeness (QED) is 0.731. The number of hydrogen-bond donors (Lipinski definition) is 1. The molecule has 0 unspecified atom stereocenters. The maximum absolute atomic E-state index is 12.2. The maximum Gasteiger partial charge on any atom is 0.257 e. The maximum atomic E-state index is 12.2. The minimum Gasteiger partial charge on any atom is -0.320 e. The monoisotopic (exact) mass is 297 g/mol. The van der Waals surface area contributed by atoms with Crippen molar-refractivity contribution in [3.63, 3.8) is 0 Å². The van der Waals surface area contributed by atoms with Gasteiger partial charge in [-0.15, -0.1) is 0 Å². The number of halogens is 1. The van der Waals surface area contributed by atoms with Gasteiger partial charge in [-0.05, 0) is 31.2 Å². The Bertz CT molecular complexity index is 815. The van der Waals surface area contributed by atoms with Crippen LogP contribution in [0.3, 0.4) is 0 Å². The third kappa shape index (κ3) is 2.85. The highest BCUT2D eigenvalue weighted by Crippen LogP contribution is 2.22. The van der Waals surface area contributed by atoms with Gasteiger partial charge < -0.3 is 5.32 Å². The molecule has 3 rings (SSSR count). The Morgan fingerprint density at radius 1 is 1.14 bits per heavy atom. The first-order valence-electron chi connectivity index (χ1n) is 6.43. The standard InChI is InChI=1S/C16H12ClN3O/c1-10-5-6-11-3-2-4-13(15(11)19-10)20-16(21)12-7-8-14(17)18-9-12/h2-9H,1H3,(H,20,21). The summed E-state index contributed by atoms with van der Waals surface area (Å²) in [5, 5.41) is 4.20. The predicted octanol–water partition coefficient (Wildman–Crippen LogP) is 3.84. The number of carbonyl (C=O) groups is 1. The Kier molecular flexibility index (Phi) is 3.54. The van der Waals surface area contributed by atoms with Gasteiger partial charge in [0.25, 0.3) is 5.91 Å². The summed E-state index contributed by atoms with van der Waals surface area (Å²) in [6, 6.07) is 12.8. The van der Waals surface area contributed by atoms with Crippen molar-refractivity contribution in [2.24, 2.45) is 0 Å². The molecule has 0 atom stereocenters. The fraction of sp³-hybridized carbons (Fsp3) is 0.0625. The molecule has 0 spiro atoms. The van der Waals surface area contributed by atoms with Crippen LogP contribution >= 0.6 is 11.6 Å². The number of nitrogens with one attached hydrogen (secondary N) is 1. The lowest BCUT2D eigenvalue weighted by Crippen LogP contribution is -2.12. The summed E-state index contributed by atoms with van der Waals surface area (Å²) in [4.78, 5) is 20.6. The molecule has 1 amide bonds. The number of aromatic nitrogens is 2. The average molecular weight is 298 g/mol. The number of benzene rings is 1. The molecule has 2 aromatic heterocycles. The normalized spacial score (nSPS) is 10.6. The van der Waals surface area contributed by atoms with Crippen molar-refractivity contribution in [3.8, 4) is 0 Å². The molecule has 2 heterocycles. The van der Waals surface area contributed by atoms with Gasteiger partial charge >= 0.3 is 0 Å². The lowest BCUT2D eigenvalue weighted by Gasteiger charge is -2.08. The number of nitrogens with zero attached hydrogens (tertiary/aromatic N) is 2. The molecule has 104 valence electrons. The fourth-order valence-corrected chi connectivity index (χ4v) is 2.16. The highest BCUT2D eigenvalue weighted by molar-refractivity contribution is 6.29. The smallest absolute Gasteiger partial charge is 0.257 e. The summed E-state index contributed by atoms with van der Waals surface area (Å²) < 4.78 is 0. The van der Waals surface area contributed by atoms with E-state index in [1.54, 1.807) is 12.1 Å². The predicted molar refractivity (Wildman–Crippen MR) is 83.7 cm³/mol. The van der Waals surface area contributed by atoms with Crippen LogP contribution in [-0.4, -0.2) is 15.9 Å². The Labute approximate surface area is 126 Å². The molecular weight excluding hydrogens is 286 g/mol. The number of pyridine rings is 2. The number of hydrogen-bond acceptors (Lipinski definition) is 3. The number of carbonyl (C=O) groups excluding carboxylic acids is 1. The topological polar surface area (TPSA) is 54.9 Å². The van der Waals surface area contributed by atoms with Crippen LogP contribution in [0.1, 0.15) is 16.1 Å². The molecule has 0 aliphatic rings. The van der Waals surface area contributed by atoms with Gasteiger partial charge in [-0.25, -0.2) is 4.98 Å². The van der Waals surface area contributed by atoms with Gasteiger partial charge in [0.1, 0.15) is 5.15 Å². The van der Waals surface area contributed by atoms with E-state index in [0.29, 0.717) is 16.4 Å². The van der Waals surface area contributed by atoms with Crippen molar-refractivity contribution < 1.29 is 4.79 Å². The summed E-state index contributed by atoms with van der Waals surface area (Å²) in [5.74, 6) is -0.241. The van der Waals surface area contributed by atoms with E-state index in [-0.39, 0.29) is 5.91 Å². The SMILES string of the molecule is Cc1ccc2cccc(NC(=O)c3ccc(Cl)nc3)c2n1. The first kappa shape index (κ1) is 13.5. The van der Waals surface area contributed by atoms with Gasteiger partial charge in [-0.1, -0.05) is 29.8 Å². The van der Waals surface area contributed by atoms with E-state index < -0.39 is 0 Å². The Balaban J connectivity index is 1.96. The summed E-state index contributed by atoms with van der Waals surface area (Å²) in [6.45, 7) is 1.92. The van der Waals surface area contributed by atoms with E-state index >= 15 is 0 Å². The van der Waals surface area contributed by atoms with Crippen molar-refractivity contribution in [1.82, 2.24) is 9.97 Å². The third-order valence-electron chi connectivity index (χ3n) is 3.10. The van der Waals surface area contributed by atoms with E-state index in [1.807, 2.05) is 37.3 Å². The molecule has 1 aromatic carbocycles. The molecule has 4 nitrogen and oxygen atoms in total. The van der Waals surface area contributed by atoms with Crippen LogP contribution < -0.4 is 5.32 Å². The summed E-state index contributed by atoms with van der Waals surface area (Å²) in [6.07, 6.45) is 1.45. The molecule has 5 heteroatoms. The lowest BCUT2D eigenvalue weighted by molar-refractivity contribution is 0.102. The second-order valence-electron chi connectivity index (χ2n) is 4.65. The van der Waals surface area contributed by atoms with E-state index in [9.17, 15) is 4.79 Å². The zero-order valence-electron chi connectivity index (χ0n) is 11.3. The van der Waals surface area contributed by atoms with Crippen molar-refractivity contribution in [2.45, 2.75) is 6.92 Å². The summed E-state index contributed by atoms with van der Waals surface area (Å²) >= 11 is 5.72. The Morgan fingerprint density at radius 2 is 2.00 bits per heavy atom. The molecule has 0 fully saturated rings. The lowest BCUT2D eigenvalue weighted by atomic mass is 10.1. The second kappa shape index (κ2) is 5.50. The van der Waals surface area contributed by atoms with Crippen molar-refractivity contribution >= 4 is 34.1 Å². The third-order valence-corrected chi connectivity index (χ3v) is 3.32. The van der Waals surface area contributed by atoms with Crippen molar-refractivity contribution in [1.29, 1.82) is 0 Å². The number of rotatable bonds is 2. The molecule has 0 saturated heterocycles. The van der Waals surface area contributed by atoms with Gasteiger partial charge in [-0.3, -0.25) is 9.78 Å². The number of para-hydroxylation sites is 1. The molecule has 0 aliphatic carbocycles. The minimum atomic E-state index is -0.241. The van der Waals surface area contributed by atoms with Crippen LogP contribution in [0.25, 0.3) is 10.9 Å². The molecular formula is C16H12ClN3O. The van der Waals surface area contributed by atoms with E-state index in [0.717, 1.165) is 16.6 Å². The zero-order chi connectivity index (χ0) is 14.8. The van der Waals surface area contributed by atoms with Crippen LogP contribution in [0.5, 0.6) is 0 Å². The van der Waals surface area contributed by atoms with Crippen LogP contribution in [0, 0.1) is 6.92 Å². The highest BCUT2D eigenvalue weighted by Gasteiger charge is 2.09. The van der Waals surface area contributed by atoms with Gasteiger partial charge in [0, 0.05) is 17.3 Å². The largest absolute Gasteiger partial charge is 0.320 e. The van der Waals surface area contributed by atoms with E-state index in [4.69, 9.17) is 11.6 Å². The van der Waals surface area contributed by atoms with Crippen LogP contribution in [0.4, 0.5) is 5.69 Å². The number of anilines is 1. The van der Waals surface area contributed by atoms with E-state index in [2.05, 4.69) is 15.3 Å². The number of aryl methyl sites for hydroxylation is 1. The summed E-state index contributed by atoms with van der Waals surface area (Å²) in [7, 11) is 0. The van der Waals surface area contributed by atoms with E-state index in [1.165, 1.54) is 6.20 Å².